The number of furan rings is 1. The van der Waals surface area contributed by atoms with Crippen LogP contribution in [0.25, 0.3) is 6.08 Å². The van der Waals surface area contributed by atoms with Crippen molar-refractivity contribution in [1.82, 2.24) is 10.2 Å². The zero-order valence-electron chi connectivity index (χ0n) is 13.7. The molecule has 1 aromatic carbocycles. The van der Waals surface area contributed by atoms with Crippen molar-refractivity contribution in [2.24, 2.45) is 0 Å². The molecule has 1 aromatic heterocycles. The molecule has 27 heavy (non-hydrogen) atoms. The van der Waals surface area contributed by atoms with Crippen LogP contribution in [-0.2, 0) is 9.59 Å². The van der Waals surface area contributed by atoms with Gasteiger partial charge in [0.15, 0.2) is 10.2 Å². The molecule has 2 amide bonds. The molecule has 0 saturated carbocycles. The van der Waals surface area contributed by atoms with Crippen molar-refractivity contribution >= 4 is 74.5 Å². The standard InChI is InChI=1S/C18H12BrClN2O3S2/c1-2-7-22-16(24)13(15(23)21-18(22)26)8-11-9-14(19)17(25-11)27-12-5-3-10(20)4-6-12/h2-6,8-9H,1,7H2,(H,21,23,26). The molecule has 0 bridgehead atoms. The van der Waals surface area contributed by atoms with Crippen molar-refractivity contribution in [2.75, 3.05) is 6.54 Å². The van der Waals surface area contributed by atoms with Crippen LogP contribution in [0.3, 0.4) is 0 Å². The quantitative estimate of drug-likeness (QED) is 0.290. The summed E-state index contributed by atoms with van der Waals surface area (Å²) in [6, 6.07) is 8.99. The van der Waals surface area contributed by atoms with Gasteiger partial charge in [0.05, 0.1) is 4.47 Å². The van der Waals surface area contributed by atoms with Gasteiger partial charge >= 0.3 is 0 Å². The Morgan fingerprint density at radius 3 is 2.70 bits per heavy atom. The van der Waals surface area contributed by atoms with E-state index in [4.69, 9.17) is 28.2 Å². The summed E-state index contributed by atoms with van der Waals surface area (Å²) in [5.74, 6) is -0.698. The summed E-state index contributed by atoms with van der Waals surface area (Å²) in [6.45, 7) is 3.79. The number of nitrogens with zero attached hydrogens (tertiary/aromatic N) is 1. The van der Waals surface area contributed by atoms with Gasteiger partial charge < -0.3 is 4.42 Å². The molecule has 1 aliphatic heterocycles. The summed E-state index contributed by atoms with van der Waals surface area (Å²) in [5, 5.41) is 3.78. The third-order valence-electron chi connectivity index (χ3n) is 3.48. The molecule has 9 heteroatoms. The maximum atomic E-state index is 12.5. The number of hydrogen-bond acceptors (Lipinski definition) is 5. The molecule has 2 heterocycles. The molecule has 2 aromatic rings. The molecule has 0 radical (unpaired) electrons. The van der Waals surface area contributed by atoms with Gasteiger partial charge in [-0.05, 0) is 64.6 Å². The molecule has 1 fully saturated rings. The predicted octanol–water partition coefficient (Wildman–Crippen LogP) is 4.66. The van der Waals surface area contributed by atoms with Crippen LogP contribution >= 0.6 is 51.5 Å². The summed E-state index contributed by atoms with van der Waals surface area (Å²) in [7, 11) is 0. The fourth-order valence-electron chi connectivity index (χ4n) is 2.25. The lowest BCUT2D eigenvalue weighted by Crippen LogP contribution is -2.53. The van der Waals surface area contributed by atoms with Crippen molar-refractivity contribution in [3.05, 3.63) is 63.8 Å². The van der Waals surface area contributed by atoms with Gasteiger partial charge in [-0.15, -0.1) is 6.58 Å². The van der Waals surface area contributed by atoms with E-state index in [-0.39, 0.29) is 17.2 Å². The fourth-order valence-corrected chi connectivity index (χ4v) is 3.96. The molecule has 0 spiro atoms. The van der Waals surface area contributed by atoms with E-state index < -0.39 is 11.8 Å². The zero-order chi connectivity index (χ0) is 19.6. The van der Waals surface area contributed by atoms with Gasteiger partial charge in [0.1, 0.15) is 11.3 Å². The molecule has 0 aliphatic carbocycles. The van der Waals surface area contributed by atoms with Gasteiger partial charge in [-0.1, -0.05) is 29.4 Å². The maximum Gasteiger partial charge on any atom is 0.266 e. The number of rotatable bonds is 5. The number of thiocarbonyl (C=S) groups is 1. The first-order chi connectivity index (χ1) is 12.9. The van der Waals surface area contributed by atoms with Gasteiger partial charge in [-0.3, -0.25) is 19.8 Å². The van der Waals surface area contributed by atoms with E-state index in [0.29, 0.717) is 20.3 Å². The van der Waals surface area contributed by atoms with Crippen molar-refractivity contribution in [2.45, 2.75) is 9.99 Å². The van der Waals surface area contributed by atoms with Crippen LogP contribution in [0.15, 0.2) is 67.4 Å². The molecule has 5 nitrogen and oxygen atoms in total. The molecular weight excluding hydrogens is 472 g/mol. The van der Waals surface area contributed by atoms with Gasteiger partial charge in [0.2, 0.25) is 0 Å². The zero-order valence-corrected chi connectivity index (χ0v) is 17.7. The highest BCUT2D eigenvalue weighted by molar-refractivity contribution is 9.10. The Balaban J connectivity index is 1.87. The van der Waals surface area contributed by atoms with Crippen molar-refractivity contribution in [1.29, 1.82) is 0 Å². The second kappa shape index (κ2) is 8.43. The first kappa shape index (κ1) is 19.9. The Morgan fingerprint density at radius 1 is 1.33 bits per heavy atom. The Morgan fingerprint density at radius 2 is 2.04 bits per heavy atom. The first-order valence-electron chi connectivity index (χ1n) is 7.61. The first-order valence-corrected chi connectivity index (χ1v) is 10.0. The molecule has 0 atom stereocenters. The maximum absolute atomic E-state index is 12.5. The molecular formula is C18H12BrClN2O3S2. The van der Waals surface area contributed by atoms with Crippen molar-refractivity contribution < 1.29 is 14.0 Å². The smallest absolute Gasteiger partial charge is 0.266 e. The van der Waals surface area contributed by atoms with E-state index in [2.05, 4.69) is 27.8 Å². The van der Waals surface area contributed by atoms with E-state index in [1.165, 1.54) is 28.8 Å². The number of benzene rings is 1. The summed E-state index contributed by atoms with van der Waals surface area (Å²) in [6.07, 6.45) is 2.93. The third kappa shape index (κ3) is 4.52. The topological polar surface area (TPSA) is 62.6 Å². The van der Waals surface area contributed by atoms with Crippen LogP contribution in [-0.4, -0.2) is 28.4 Å². The predicted molar refractivity (Wildman–Crippen MR) is 113 cm³/mol. The van der Waals surface area contributed by atoms with Crippen LogP contribution in [0, 0.1) is 0 Å². The highest BCUT2D eigenvalue weighted by Gasteiger charge is 2.33. The number of nitrogens with one attached hydrogen (secondary N) is 1. The third-order valence-corrected chi connectivity index (χ3v) is 5.91. The van der Waals surface area contributed by atoms with E-state index in [9.17, 15) is 9.59 Å². The summed E-state index contributed by atoms with van der Waals surface area (Å²) >= 11 is 15.7. The van der Waals surface area contributed by atoms with Crippen LogP contribution in [0.2, 0.25) is 5.02 Å². The lowest BCUT2D eigenvalue weighted by atomic mass is 10.1. The van der Waals surface area contributed by atoms with E-state index in [1.807, 2.05) is 12.1 Å². The van der Waals surface area contributed by atoms with Gasteiger partial charge in [-0.2, -0.15) is 0 Å². The average molecular weight is 484 g/mol. The molecule has 0 unspecified atom stereocenters. The molecule has 1 N–H and O–H groups in total. The molecule has 1 aliphatic rings. The van der Waals surface area contributed by atoms with Crippen molar-refractivity contribution in [3.8, 4) is 0 Å². The number of carbonyl (C=O) groups excluding carboxylic acids is 2. The lowest BCUT2D eigenvalue weighted by Gasteiger charge is -2.27. The molecule has 1 saturated heterocycles. The van der Waals surface area contributed by atoms with Gasteiger partial charge in [0, 0.05) is 16.5 Å². The van der Waals surface area contributed by atoms with Crippen molar-refractivity contribution in [3.63, 3.8) is 0 Å². The monoisotopic (exact) mass is 482 g/mol. The molecule has 138 valence electrons. The minimum absolute atomic E-state index is 0.0571. The SMILES string of the molecule is C=CCN1C(=O)C(=Cc2cc(Br)c(Sc3ccc(Cl)cc3)o2)C(=O)NC1=S. The number of hydrogen-bond donors (Lipinski definition) is 1. The summed E-state index contributed by atoms with van der Waals surface area (Å²) < 4.78 is 6.48. The van der Waals surface area contributed by atoms with E-state index in [1.54, 1.807) is 18.2 Å². The van der Waals surface area contributed by atoms with E-state index in [0.717, 1.165) is 4.90 Å². The molecule has 3 rings (SSSR count). The van der Waals surface area contributed by atoms with Crippen LogP contribution < -0.4 is 5.32 Å². The minimum Gasteiger partial charge on any atom is -0.449 e. The van der Waals surface area contributed by atoms with Gasteiger partial charge in [0.25, 0.3) is 11.8 Å². The largest absolute Gasteiger partial charge is 0.449 e. The van der Waals surface area contributed by atoms with Crippen LogP contribution in [0.4, 0.5) is 0 Å². The Labute approximate surface area is 178 Å². The lowest BCUT2D eigenvalue weighted by molar-refractivity contribution is -0.128. The Kier molecular flexibility index (Phi) is 6.21. The van der Waals surface area contributed by atoms with Crippen LogP contribution in [0.5, 0.6) is 0 Å². The Bertz CT molecular complexity index is 969. The second-order valence-electron chi connectivity index (χ2n) is 5.36. The highest BCUT2D eigenvalue weighted by atomic mass is 79.9. The fraction of sp³-hybridized carbons (Fsp3) is 0.0556. The minimum atomic E-state index is -0.565. The van der Waals surface area contributed by atoms with Crippen LogP contribution in [0.1, 0.15) is 5.76 Å². The Hall–Kier alpha value is -1.87. The number of amides is 2. The highest BCUT2D eigenvalue weighted by Crippen LogP contribution is 2.37. The average Bonchev–Trinajstić information content (AvgIpc) is 2.97. The normalized spacial score (nSPS) is 16.0. The summed E-state index contributed by atoms with van der Waals surface area (Å²) in [5.41, 5.74) is -0.0604. The van der Waals surface area contributed by atoms with E-state index >= 15 is 0 Å². The number of carbonyl (C=O) groups is 2. The van der Waals surface area contributed by atoms with Gasteiger partial charge in [-0.25, -0.2) is 0 Å². The number of halogens is 2. The second-order valence-corrected chi connectivity index (χ2v) is 8.09. The summed E-state index contributed by atoms with van der Waals surface area (Å²) in [4.78, 5) is 26.9.